The number of benzene rings is 1. The molecule has 0 spiro atoms. The van der Waals surface area contributed by atoms with E-state index in [9.17, 15) is 9.59 Å². The smallest absolute Gasteiger partial charge is 0.295 e. The van der Waals surface area contributed by atoms with Crippen molar-refractivity contribution in [2.24, 2.45) is 0 Å². The molecule has 1 aliphatic rings. The quantitative estimate of drug-likeness (QED) is 0.676. The molecule has 0 bridgehead atoms. The third kappa shape index (κ3) is 3.40. The highest BCUT2D eigenvalue weighted by molar-refractivity contribution is 7.15. The molecule has 0 N–H and O–H groups in total. The minimum Gasteiger partial charge on any atom is -0.368 e. The Labute approximate surface area is 167 Å². The van der Waals surface area contributed by atoms with E-state index >= 15 is 0 Å². The summed E-state index contributed by atoms with van der Waals surface area (Å²) in [5, 5.41) is 6.14. The Kier molecular flexibility index (Phi) is 4.89. The van der Waals surface area contributed by atoms with Gasteiger partial charge in [0.25, 0.3) is 5.56 Å². The highest BCUT2D eigenvalue weighted by Gasteiger charge is 2.24. The summed E-state index contributed by atoms with van der Waals surface area (Å²) in [5.74, 6) is 0.0824. The SMILES string of the molecule is Cc1cccc(C)c1N1CCN(C(=O)Cc2csc3nc(=O)c(C)nn23)CC1. The van der Waals surface area contributed by atoms with Gasteiger partial charge in [-0.25, -0.2) is 4.52 Å². The normalized spacial score (nSPS) is 14.7. The van der Waals surface area contributed by atoms with Gasteiger partial charge in [-0.2, -0.15) is 10.1 Å². The van der Waals surface area contributed by atoms with Crippen molar-refractivity contribution >= 4 is 27.9 Å². The standard InChI is InChI=1S/C20H23N5O2S/c1-13-5-4-6-14(2)18(13)24-9-7-23(8-10-24)17(26)11-16-12-28-20-21-19(27)15(3)22-25(16)20/h4-6,12H,7-11H2,1-3H3. The molecule has 28 heavy (non-hydrogen) atoms. The number of aryl methyl sites for hydroxylation is 3. The molecule has 0 aliphatic carbocycles. The number of amides is 1. The summed E-state index contributed by atoms with van der Waals surface area (Å²) in [4.78, 5) is 33.3. The number of hydrogen-bond donors (Lipinski definition) is 0. The Hall–Kier alpha value is -2.74. The van der Waals surface area contributed by atoms with Gasteiger partial charge in [-0.1, -0.05) is 18.2 Å². The summed E-state index contributed by atoms with van der Waals surface area (Å²) in [6.07, 6.45) is 0.264. The van der Waals surface area contributed by atoms with Crippen LogP contribution >= 0.6 is 11.3 Å². The molecule has 4 rings (SSSR count). The average Bonchev–Trinajstić information content (AvgIpc) is 3.04. The van der Waals surface area contributed by atoms with Crippen molar-refractivity contribution in [2.75, 3.05) is 31.1 Å². The van der Waals surface area contributed by atoms with Crippen molar-refractivity contribution in [2.45, 2.75) is 27.2 Å². The zero-order valence-electron chi connectivity index (χ0n) is 16.3. The number of para-hydroxylation sites is 1. The second kappa shape index (κ2) is 7.35. The number of hydrogen-bond acceptors (Lipinski definition) is 6. The summed E-state index contributed by atoms with van der Waals surface area (Å²) in [6, 6.07) is 6.35. The van der Waals surface area contributed by atoms with E-state index in [2.05, 4.69) is 47.0 Å². The van der Waals surface area contributed by atoms with Gasteiger partial charge in [0.2, 0.25) is 10.9 Å². The summed E-state index contributed by atoms with van der Waals surface area (Å²) in [5.41, 5.74) is 4.63. The van der Waals surface area contributed by atoms with Gasteiger partial charge in [0.05, 0.1) is 12.1 Å². The Morgan fingerprint density at radius 1 is 1.11 bits per heavy atom. The van der Waals surface area contributed by atoms with E-state index in [0.29, 0.717) is 23.7 Å². The molecule has 3 heterocycles. The van der Waals surface area contributed by atoms with E-state index in [1.54, 1.807) is 11.4 Å². The Balaban J connectivity index is 1.45. The zero-order valence-corrected chi connectivity index (χ0v) is 17.1. The molecule has 0 atom stereocenters. The van der Waals surface area contributed by atoms with Crippen LogP contribution < -0.4 is 10.5 Å². The van der Waals surface area contributed by atoms with E-state index in [-0.39, 0.29) is 17.9 Å². The molecule has 7 nitrogen and oxygen atoms in total. The molecular formula is C20H23N5O2S. The summed E-state index contributed by atoms with van der Waals surface area (Å²) < 4.78 is 1.62. The van der Waals surface area contributed by atoms with Crippen LogP contribution in [0.15, 0.2) is 28.4 Å². The number of aromatic nitrogens is 3. The van der Waals surface area contributed by atoms with E-state index in [1.807, 2.05) is 10.3 Å². The molecule has 1 aliphatic heterocycles. The lowest BCUT2D eigenvalue weighted by Gasteiger charge is -2.37. The lowest BCUT2D eigenvalue weighted by molar-refractivity contribution is -0.130. The summed E-state index contributed by atoms with van der Waals surface area (Å²) in [6.45, 7) is 8.96. The maximum Gasteiger partial charge on any atom is 0.295 e. The molecule has 1 amide bonds. The highest BCUT2D eigenvalue weighted by atomic mass is 32.1. The minimum absolute atomic E-state index is 0.0824. The van der Waals surface area contributed by atoms with Crippen LogP contribution in [-0.4, -0.2) is 51.6 Å². The second-order valence-electron chi connectivity index (χ2n) is 7.21. The first-order valence-corrected chi connectivity index (χ1v) is 10.2. The number of carbonyl (C=O) groups excluding carboxylic acids is 1. The lowest BCUT2D eigenvalue weighted by Crippen LogP contribution is -2.49. The Bertz CT molecular complexity index is 1080. The van der Waals surface area contributed by atoms with Crippen LogP contribution in [0.4, 0.5) is 5.69 Å². The molecule has 1 saturated heterocycles. The average molecular weight is 398 g/mol. The van der Waals surface area contributed by atoms with Crippen molar-refractivity contribution in [1.82, 2.24) is 19.5 Å². The molecule has 1 fully saturated rings. The van der Waals surface area contributed by atoms with Crippen LogP contribution in [0.5, 0.6) is 0 Å². The third-order valence-corrected chi connectivity index (χ3v) is 6.10. The van der Waals surface area contributed by atoms with Crippen molar-refractivity contribution in [3.8, 4) is 0 Å². The molecule has 0 radical (unpaired) electrons. The molecule has 0 saturated carbocycles. The molecular weight excluding hydrogens is 374 g/mol. The van der Waals surface area contributed by atoms with Crippen LogP contribution in [0.1, 0.15) is 22.5 Å². The van der Waals surface area contributed by atoms with Gasteiger partial charge in [-0.3, -0.25) is 9.59 Å². The molecule has 1 aromatic carbocycles. The van der Waals surface area contributed by atoms with Crippen molar-refractivity contribution in [1.29, 1.82) is 0 Å². The number of thiazole rings is 1. The van der Waals surface area contributed by atoms with Gasteiger partial charge in [-0.05, 0) is 31.9 Å². The number of piperazine rings is 1. The largest absolute Gasteiger partial charge is 0.368 e. The number of fused-ring (bicyclic) bond motifs is 1. The third-order valence-electron chi connectivity index (χ3n) is 5.23. The molecule has 2 aromatic heterocycles. The van der Waals surface area contributed by atoms with Crippen molar-refractivity contribution < 1.29 is 4.79 Å². The van der Waals surface area contributed by atoms with Gasteiger partial charge < -0.3 is 9.80 Å². The number of nitrogens with zero attached hydrogens (tertiary/aromatic N) is 5. The molecule has 0 unspecified atom stereocenters. The summed E-state index contributed by atoms with van der Waals surface area (Å²) >= 11 is 1.34. The van der Waals surface area contributed by atoms with Crippen LogP contribution in [0.25, 0.3) is 4.96 Å². The van der Waals surface area contributed by atoms with Gasteiger partial charge in [-0.15, -0.1) is 11.3 Å². The van der Waals surface area contributed by atoms with E-state index in [4.69, 9.17) is 0 Å². The fourth-order valence-corrected chi connectivity index (χ4v) is 4.57. The fourth-order valence-electron chi connectivity index (χ4n) is 3.75. The van der Waals surface area contributed by atoms with Crippen LogP contribution in [0.3, 0.4) is 0 Å². The van der Waals surface area contributed by atoms with Gasteiger partial charge in [0.1, 0.15) is 5.69 Å². The van der Waals surface area contributed by atoms with Gasteiger partial charge in [0, 0.05) is 37.2 Å². The molecule has 146 valence electrons. The first-order chi connectivity index (χ1) is 13.4. The van der Waals surface area contributed by atoms with E-state index in [1.165, 1.54) is 28.2 Å². The zero-order chi connectivity index (χ0) is 19.8. The summed E-state index contributed by atoms with van der Waals surface area (Å²) in [7, 11) is 0. The van der Waals surface area contributed by atoms with Gasteiger partial charge in [0.15, 0.2) is 0 Å². The predicted octanol–water partition coefficient (Wildman–Crippen LogP) is 1.97. The van der Waals surface area contributed by atoms with Crippen molar-refractivity contribution in [3.63, 3.8) is 0 Å². The topological polar surface area (TPSA) is 70.8 Å². The maximum atomic E-state index is 12.8. The van der Waals surface area contributed by atoms with Crippen LogP contribution in [0, 0.1) is 20.8 Å². The maximum absolute atomic E-state index is 12.8. The van der Waals surface area contributed by atoms with Crippen molar-refractivity contribution in [3.05, 3.63) is 56.4 Å². The number of anilines is 1. The highest BCUT2D eigenvalue weighted by Crippen LogP contribution is 2.25. The van der Waals surface area contributed by atoms with Gasteiger partial charge >= 0.3 is 0 Å². The van der Waals surface area contributed by atoms with Crippen LogP contribution in [-0.2, 0) is 11.2 Å². The monoisotopic (exact) mass is 397 g/mol. The number of rotatable bonds is 3. The Morgan fingerprint density at radius 2 is 1.79 bits per heavy atom. The van der Waals surface area contributed by atoms with E-state index < -0.39 is 0 Å². The van der Waals surface area contributed by atoms with E-state index in [0.717, 1.165) is 18.8 Å². The predicted molar refractivity (Wildman–Crippen MR) is 110 cm³/mol. The number of carbonyl (C=O) groups is 1. The second-order valence-corrected chi connectivity index (χ2v) is 8.05. The minimum atomic E-state index is -0.317. The first kappa shape index (κ1) is 18.6. The lowest BCUT2D eigenvalue weighted by atomic mass is 10.1. The fraction of sp³-hybridized carbons (Fsp3) is 0.400. The first-order valence-electron chi connectivity index (χ1n) is 9.37. The Morgan fingerprint density at radius 3 is 2.46 bits per heavy atom. The molecule has 8 heteroatoms. The molecule has 3 aromatic rings. The van der Waals surface area contributed by atoms with Crippen LogP contribution in [0.2, 0.25) is 0 Å².